The van der Waals surface area contributed by atoms with E-state index in [0.29, 0.717) is 5.54 Å². The Kier molecular flexibility index (Phi) is 5.27. The van der Waals surface area contributed by atoms with Crippen LogP contribution in [0.3, 0.4) is 0 Å². The number of hydrogen-bond acceptors (Lipinski definition) is 3. The van der Waals surface area contributed by atoms with Gasteiger partial charge in [0.25, 0.3) is 0 Å². The van der Waals surface area contributed by atoms with Gasteiger partial charge in [-0.2, -0.15) is 0 Å². The predicted octanol–water partition coefficient (Wildman–Crippen LogP) is 2.18. The van der Waals surface area contributed by atoms with Crippen molar-refractivity contribution in [2.45, 2.75) is 57.5 Å². The highest BCUT2D eigenvalue weighted by Crippen LogP contribution is 2.35. The zero-order valence-electron chi connectivity index (χ0n) is 13.4. The number of likely N-dealkylation sites (N-methyl/N-ethyl adjacent to an activating group) is 1. The minimum atomic E-state index is 0.467. The van der Waals surface area contributed by atoms with Crippen molar-refractivity contribution in [3.05, 3.63) is 0 Å². The van der Waals surface area contributed by atoms with E-state index >= 15 is 0 Å². The summed E-state index contributed by atoms with van der Waals surface area (Å²) in [6, 6.07) is 0.751. The van der Waals surface area contributed by atoms with Crippen LogP contribution in [0.25, 0.3) is 0 Å². The summed E-state index contributed by atoms with van der Waals surface area (Å²) < 4.78 is 0. The predicted molar refractivity (Wildman–Crippen MR) is 82.6 cm³/mol. The molecule has 0 atom stereocenters. The molecule has 0 radical (unpaired) electrons. The summed E-state index contributed by atoms with van der Waals surface area (Å²) in [4.78, 5) is 5.07. The zero-order chi connectivity index (χ0) is 13.9. The monoisotopic (exact) mass is 267 g/mol. The first-order valence-corrected chi connectivity index (χ1v) is 8.15. The fraction of sp³-hybridized carbons (Fsp3) is 1.00. The Morgan fingerprint density at radius 1 is 1.21 bits per heavy atom. The third-order valence-electron chi connectivity index (χ3n) is 5.16. The second-order valence-corrected chi connectivity index (χ2v) is 7.32. The van der Waals surface area contributed by atoms with Gasteiger partial charge in [-0.15, -0.1) is 0 Å². The molecular formula is C16H33N3. The SMILES string of the molecule is CC(C)CN1CCC(NCC2(N(C)C)CCC2)CC1. The highest BCUT2D eigenvalue weighted by atomic mass is 15.2. The third kappa shape index (κ3) is 3.93. The van der Waals surface area contributed by atoms with Crippen molar-refractivity contribution in [2.75, 3.05) is 40.3 Å². The molecule has 3 heteroatoms. The second kappa shape index (κ2) is 6.55. The standard InChI is InChI=1S/C16H33N3/c1-14(2)12-19-10-6-15(7-11-19)17-13-16(18(3)4)8-5-9-16/h14-15,17H,5-13H2,1-4H3. The molecule has 3 nitrogen and oxygen atoms in total. The molecule has 2 rings (SSSR count). The summed E-state index contributed by atoms with van der Waals surface area (Å²) in [6.45, 7) is 9.67. The Morgan fingerprint density at radius 3 is 2.26 bits per heavy atom. The first-order chi connectivity index (χ1) is 9.02. The normalized spacial score (nSPS) is 24.9. The first kappa shape index (κ1) is 15.3. The van der Waals surface area contributed by atoms with E-state index in [2.05, 4.69) is 43.1 Å². The van der Waals surface area contributed by atoms with Crippen LogP contribution in [0.4, 0.5) is 0 Å². The average molecular weight is 267 g/mol. The quantitative estimate of drug-likeness (QED) is 0.796. The zero-order valence-corrected chi connectivity index (χ0v) is 13.4. The first-order valence-electron chi connectivity index (χ1n) is 8.15. The van der Waals surface area contributed by atoms with E-state index < -0.39 is 0 Å². The second-order valence-electron chi connectivity index (χ2n) is 7.32. The van der Waals surface area contributed by atoms with Crippen molar-refractivity contribution in [2.24, 2.45) is 5.92 Å². The number of piperidine rings is 1. The van der Waals surface area contributed by atoms with Gasteiger partial charge < -0.3 is 15.1 Å². The lowest BCUT2D eigenvalue weighted by molar-refractivity contribution is 0.0532. The van der Waals surface area contributed by atoms with E-state index in [1.807, 2.05) is 0 Å². The maximum Gasteiger partial charge on any atom is 0.0328 e. The Morgan fingerprint density at radius 2 is 1.84 bits per heavy atom. The average Bonchev–Trinajstić information content (AvgIpc) is 2.28. The number of nitrogens with one attached hydrogen (secondary N) is 1. The fourth-order valence-electron chi connectivity index (χ4n) is 3.54. The molecule has 19 heavy (non-hydrogen) atoms. The lowest BCUT2D eigenvalue weighted by atomic mass is 9.75. The van der Waals surface area contributed by atoms with Crippen LogP contribution in [0.2, 0.25) is 0 Å². The van der Waals surface area contributed by atoms with Crippen molar-refractivity contribution < 1.29 is 0 Å². The summed E-state index contributed by atoms with van der Waals surface area (Å²) in [7, 11) is 4.48. The van der Waals surface area contributed by atoms with Gasteiger partial charge in [0.15, 0.2) is 0 Å². The summed E-state index contributed by atoms with van der Waals surface area (Å²) in [5, 5.41) is 3.85. The lowest BCUT2D eigenvalue weighted by Gasteiger charge is -2.48. The van der Waals surface area contributed by atoms with Crippen molar-refractivity contribution in [1.82, 2.24) is 15.1 Å². The molecule has 2 fully saturated rings. The van der Waals surface area contributed by atoms with Crippen LogP contribution in [0.5, 0.6) is 0 Å². The molecule has 0 amide bonds. The fourth-order valence-corrected chi connectivity index (χ4v) is 3.54. The van der Waals surface area contributed by atoms with Crippen molar-refractivity contribution in [1.29, 1.82) is 0 Å². The number of nitrogens with zero attached hydrogens (tertiary/aromatic N) is 2. The van der Waals surface area contributed by atoms with Crippen molar-refractivity contribution in [3.8, 4) is 0 Å². The third-order valence-corrected chi connectivity index (χ3v) is 5.16. The van der Waals surface area contributed by atoms with Crippen LogP contribution in [0, 0.1) is 5.92 Å². The van der Waals surface area contributed by atoms with Gasteiger partial charge in [-0.05, 0) is 65.2 Å². The molecule has 1 saturated heterocycles. The molecular weight excluding hydrogens is 234 g/mol. The Labute approximate surface area is 119 Å². The largest absolute Gasteiger partial charge is 0.312 e. The van der Waals surface area contributed by atoms with Gasteiger partial charge in [-0.1, -0.05) is 13.8 Å². The summed E-state index contributed by atoms with van der Waals surface area (Å²) in [5.74, 6) is 0.802. The smallest absolute Gasteiger partial charge is 0.0328 e. The van der Waals surface area contributed by atoms with Crippen LogP contribution in [0.1, 0.15) is 46.0 Å². The molecule has 0 bridgehead atoms. The number of hydrogen-bond donors (Lipinski definition) is 1. The van der Waals surface area contributed by atoms with Crippen molar-refractivity contribution in [3.63, 3.8) is 0 Å². The minimum absolute atomic E-state index is 0.467. The van der Waals surface area contributed by atoms with Crippen LogP contribution < -0.4 is 5.32 Å². The maximum absolute atomic E-state index is 3.85. The molecule has 0 aromatic carbocycles. The van der Waals surface area contributed by atoms with Crippen LogP contribution in [-0.2, 0) is 0 Å². The molecule has 1 aliphatic carbocycles. The van der Waals surface area contributed by atoms with Gasteiger partial charge in [-0.3, -0.25) is 0 Å². The van der Waals surface area contributed by atoms with Gasteiger partial charge in [0.1, 0.15) is 0 Å². The molecule has 0 aromatic heterocycles. The van der Waals surface area contributed by atoms with Gasteiger partial charge in [0.05, 0.1) is 0 Å². The van der Waals surface area contributed by atoms with E-state index in [1.165, 1.54) is 58.3 Å². The molecule has 112 valence electrons. The van der Waals surface area contributed by atoms with Gasteiger partial charge in [0, 0.05) is 24.7 Å². The molecule has 1 N–H and O–H groups in total. The van der Waals surface area contributed by atoms with Gasteiger partial charge in [0.2, 0.25) is 0 Å². The highest BCUT2D eigenvalue weighted by molar-refractivity contribution is 4.98. The Bertz CT molecular complexity index is 263. The molecule has 1 aliphatic heterocycles. The summed E-state index contributed by atoms with van der Waals surface area (Å²) in [6.07, 6.45) is 6.82. The van der Waals surface area contributed by atoms with Crippen LogP contribution >= 0.6 is 0 Å². The topological polar surface area (TPSA) is 18.5 Å². The van der Waals surface area contributed by atoms with E-state index in [1.54, 1.807) is 0 Å². The molecule has 0 spiro atoms. The lowest BCUT2D eigenvalue weighted by Crippen LogP contribution is -2.58. The summed E-state index contributed by atoms with van der Waals surface area (Å²) in [5.41, 5.74) is 0.467. The molecule has 1 saturated carbocycles. The van der Waals surface area contributed by atoms with E-state index in [4.69, 9.17) is 0 Å². The molecule has 2 aliphatic rings. The number of rotatable bonds is 6. The maximum atomic E-state index is 3.85. The Balaban J connectivity index is 1.68. The molecule has 1 heterocycles. The van der Waals surface area contributed by atoms with E-state index in [9.17, 15) is 0 Å². The highest BCUT2D eigenvalue weighted by Gasteiger charge is 2.39. The van der Waals surface area contributed by atoms with E-state index in [0.717, 1.165) is 12.0 Å². The van der Waals surface area contributed by atoms with Crippen LogP contribution in [-0.4, -0.2) is 61.7 Å². The summed E-state index contributed by atoms with van der Waals surface area (Å²) >= 11 is 0. The van der Waals surface area contributed by atoms with Crippen molar-refractivity contribution >= 4 is 0 Å². The van der Waals surface area contributed by atoms with Crippen LogP contribution in [0.15, 0.2) is 0 Å². The molecule has 0 aromatic rings. The molecule has 0 unspecified atom stereocenters. The Hall–Kier alpha value is -0.120. The van der Waals surface area contributed by atoms with E-state index in [-0.39, 0.29) is 0 Å². The minimum Gasteiger partial charge on any atom is -0.312 e. The van der Waals surface area contributed by atoms with Gasteiger partial charge >= 0.3 is 0 Å². The van der Waals surface area contributed by atoms with Gasteiger partial charge in [-0.25, -0.2) is 0 Å². The number of likely N-dealkylation sites (tertiary alicyclic amines) is 1.